The van der Waals surface area contributed by atoms with E-state index < -0.39 is 54.5 Å². The Kier molecular flexibility index (Phi) is 5.75. The fourth-order valence-corrected chi connectivity index (χ4v) is 6.97. The van der Waals surface area contributed by atoms with Crippen LogP contribution in [-0.2, 0) is 24.5 Å². The maximum atomic E-state index is 11.6. The maximum Gasteiger partial charge on any atom is 0.155 e. The van der Waals surface area contributed by atoms with Crippen molar-refractivity contribution < 1.29 is 29.2 Å². The zero-order valence-electron chi connectivity index (χ0n) is 21.6. The largest absolute Gasteiger partial charge is 0.390 e. The minimum absolute atomic E-state index is 0.0924. The van der Waals surface area contributed by atoms with Crippen LogP contribution in [-0.4, -0.2) is 93.3 Å². The predicted molar refractivity (Wildman–Crippen MR) is 139 cm³/mol. The summed E-state index contributed by atoms with van der Waals surface area (Å²) in [5.41, 5.74) is 7.78. The third-order valence-electron chi connectivity index (χ3n) is 9.08. The first-order valence-corrected chi connectivity index (χ1v) is 13.8. The van der Waals surface area contributed by atoms with Gasteiger partial charge >= 0.3 is 0 Å². The van der Waals surface area contributed by atoms with Crippen molar-refractivity contribution in [2.45, 2.75) is 61.4 Å². The summed E-state index contributed by atoms with van der Waals surface area (Å²) in [6.07, 6.45) is 2.87. The molecule has 14 nitrogen and oxygen atoms in total. The number of nitrogens with one attached hydrogen (secondary N) is 3. The second-order valence-electron chi connectivity index (χ2n) is 11.3. The number of nitrogens with zero attached hydrogens (tertiary/aromatic N) is 4. The molecule has 1 spiro atoms. The summed E-state index contributed by atoms with van der Waals surface area (Å²) in [6, 6.07) is 0. The number of fused-ring (bicyclic) bond motifs is 6. The Labute approximate surface area is 229 Å². The van der Waals surface area contributed by atoms with Gasteiger partial charge in [-0.2, -0.15) is 0 Å². The van der Waals surface area contributed by atoms with Gasteiger partial charge < -0.3 is 50.8 Å². The first-order chi connectivity index (χ1) is 19.5. The normalized spacial score (nSPS) is 42.0. The lowest BCUT2D eigenvalue weighted by atomic mass is 9.88. The van der Waals surface area contributed by atoms with Crippen LogP contribution in [0.5, 0.6) is 0 Å². The van der Waals surface area contributed by atoms with E-state index in [9.17, 15) is 10.2 Å². The predicted octanol–water partition coefficient (Wildman–Crippen LogP) is -0.426. The molecule has 0 saturated carbocycles. The molecular weight excluding hydrogens is 520 g/mol. The lowest BCUT2D eigenvalue weighted by molar-refractivity contribution is -0.0954. The van der Waals surface area contributed by atoms with E-state index >= 15 is 0 Å². The minimum Gasteiger partial charge on any atom is -0.390 e. The second-order valence-corrected chi connectivity index (χ2v) is 11.3. The summed E-state index contributed by atoms with van der Waals surface area (Å²) in [5, 5.41) is 33.1. The summed E-state index contributed by atoms with van der Waals surface area (Å²) >= 11 is 0. The summed E-state index contributed by atoms with van der Waals surface area (Å²) in [5.74, 6) is 0.947. The smallest absolute Gasteiger partial charge is 0.155 e. The minimum atomic E-state index is -0.934. The maximum absolute atomic E-state index is 11.6. The Morgan fingerprint density at radius 2 is 1.65 bits per heavy atom. The molecule has 7 N–H and O–H groups in total. The molecule has 40 heavy (non-hydrogen) atoms. The van der Waals surface area contributed by atoms with Crippen molar-refractivity contribution in [3.63, 3.8) is 0 Å². The fraction of sp³-hybridized carbons (Fsp3) is 0.615. The molecule has 14 heteroatoms. The summed E-state index contributed by atoms with van der Waals surface area (Å²) < 4.78 is 25.6. The van der Waals surface area contributed by atoms with Crippen LogP contribution in [0.15, 0.2) is 24.8 Å². The van der Waals surface area contributed by atoms with Crippen LogP contribution in [0.25, 0.3) is 0 Å². The number of nitrogens with two attached hydrogens (primary N) is 1. The highest BCUT2D eigenvalue weighted by Gasteiger charge is 2.62. The van der Waals surface area contributed by atoms with E-state index in [-0.39, 0.29) is 19.1 Å². The van der Waals surface area contributed by atoms with Gasteiger partial charge in [-0.05, 0) is 12.8 Å². The first-order valence-electron chi connectivity index (χ1n) is 13.8. The number of anilines is 3. The number of ether oxygens (including phenoxy) is 4. The van der Waals surface area contributed by atoms with Crippen LogP contribution in [0.2, 0.25) is 0 Å². The van der Waals surface area contributed by atoms with Crippen molar-refractivity contribution in [1.29, 1.82) is 0 Å². The molecule has 10 bridgehead atoms. The van der Waals surface area contributed by atoms with Crippen LogP contribution in [0.1, 0.15) is 35.8 Å². The van der Waals surface area contributed by atoms with Crippen molar-refractivity contribution >= 4 is 17.5 Å². The average Bonchev–Trinajstić information content (AvgIpc) is 3.35. The highest BCUT2D eigenvalue weighted by atomic mass is 16.6. The van der Waals surface area contributed by atoms with Gasteiger partial charge in [0.05, 0.1) is 48.3 Å². The topological polar surface area (TPSA) is 191 Å². The third-order valence-corrected chi connectivity index (χ3v) is 9.08. The lowest BCUT2D eigenvalue weighted by Crippen LogP contribution is -2.38. The van der Waals surface area contributed by atoms with Gasteiger partial charge in [0, 0.05) is 24.9 Å². The van der Waals surface area contributed by atoms with E-state index in [2.05, 4.69) is 35.9 Å². The molecule has 0 amide bonds. The molecule has 2 aromatic rings. The zero-order valence-corrected chi connectivity index (χ0v) is 21.6. The van der Waals surface area contributed by atoms with Gasteiger partial charge in [0.25, 0.3) is 0 Å². The standard InChI is InChI=1S/C26H32N8O6/c27-21-11-5-13-16-22-28-3-1-2-4-29-24-17-20(30-9-33-24)26(17,38-8-15(39-21)18(11)35)6-12-14(7-37-13)40-25(19(12)36)34-23(16)32-10-31-22/h1-2,9-15,18-19,21,25,35-36H,3-8,27H2,(H,29,30,33)(H2,28,31,32,34)/b2-1+/t11-,12-,13?,14-,15-,18+,19-,21-,25-,26?/m1/s1. The van der Waals surface area contributed by atoms with E-state index in [4.69, 9.17) is 24.7 Å². The molecule has 0 radical (unpaired) electrons. The van der Waals surface area contributed by atoms with E-state index in [0.29, 0.717) is 48.9 Å². The van der Waals surface area contributed by atoms with E-state index in [0.717, 1.165) is 11.3 Å². The molecular formula is C26H32N8O6. The highest BCUT2D eigenvalue weighted by molar-refractivity contribution is 5.66. The average molecular weight is 553 g/mol. The van der Waals surface area contributed by atoms with Gasteiger partial charge in [0.2, 0.25) is 0 Å². The Balaban J connectivity index is 1.31. The quantitative estimate of drug-likeness (QED) is 0.231. The van der Waals surface area contributed by atoms with Gasteiger partial charge in [-0.25, -0.2) is 19.9 Å². The molecule has 3 fully saturated rings. The van der Waals surface area contributed by atoms with E-state index in [1.807, 2.05) is 12.2 Å². The van der Waals surface area contributed by atoms with Crippen LogP contribution < -0.4 is 21.7 Å². The number of aliphatic hydroxyl groups is 2. The van der Waals surface area contributed by atoms with Crippen molar-refractivity contribution in [2.75, 3.05) is 42.3 Å². The van der Waals surface area contributed by atoms with Crippen LogP contribution in [0, 0.1) is 11.8 Å². The molecule has 0 aromatic carbocycles. The molecule has 212 valence electrons. The van der Waals surface area contributed by atoms with Gasteiger partial charge in [-0.3, -0.25) is 0 Å². The number of rotatable bonds is 0. The van der Waals surface area contributed by atoms with Crippen LogP contribution in [0.4, 0.5) is 17.5 Å². The Hall–Kier alpha value is -2.98. The van der Waals surface area contributed by atoms with Gasteiger partial charge in [0.1, 0.15) is 54.1 Å². The van der Waals surface area contributed by atoms with Gasteiger partial charge in [-0.15, -0.1) is 0 Å². The van der Waals surface area contributed by atoms with Crippen molar-refractivity contribution in [3.8, 4) is 0 Å². The van der Waals surface area contributed by atoms with E-state index in [1.165, 1.54) is 12.7 Å². The number of hydrogen-bond donors (Lipinski definition) is 6. The molecule has 10 atom stereocenters. The SMILES string of the molecule is N[C@@H]1O[C@@H]2COC34C[C@H]5[C@@H](O)[C@@H]6Nc7ncnc(c7C(C[C@@H]1[C@@H]2O)OC[C@H]5O6)NC/C=C/CNc1ncnc3c14. The molecule has 6 aliphatic heterocycles. The Bertz CT molecular complexity index is 1350. The number of hydrogen-bond acceptors (Lipinski definition) is 14. The highest BCUT2D eigenvalue weighted by Crippen LogP contribution is 2.58. The lowest BCUT2D eigenvalue weighted by Gasteiger charge is -2.30. The van der Waals surface area contributed by atoms with E-state index in [1.54, 1.807) is 0 Å². The molecule has 1 aliphatic carbocycles. The zero-order chi connectivity index (χ0) is 27.0. The number of aliphatic hydroxyl groups excluding tert-OH is 2. The Morgan fingerprint density at radius 1 is 0.875 bits per heavy atom. The second kappa shape index (κ2) is 9.27. The molecule has 2 unspecified atom stereocenters. The van der Waals surface area contributed by atoms with Crippen LogP contribution in [0.3, 0.4) is 0 Å². The molecule has 9 rings (SSSR count). The van der Waals surface area contributed by atoms with Gasteiger partial charge in [0.15, 0.2) is 6.23 Å². The summed E-state index contributed by atoms with van der Waals surface area (Å²) in [7, 11) is 0. The van der Waals surface area contributed by atoms with Crippen molar-refractivity contribution in [2.24, 2.45) is 17.6 Å². The molecule has 3 saturated heterocycles. The van der Waals surface area contributed by atoms with Crippen LogP contribution >= 0.6 is 0 Å². The van der Waals surface area contributed by atoms with Crippen molar-refractivity contribution in [3.05, 3.63) is 41.6 Å². The Morgan fingerprint density at radius 3 is 2.52 bits per heavy atom. The van der Waals surface area contributed by atoms with Gasteiger partial charge in [-0.1, -0.05) is 12.2 Å². The fourth-order valence-electron chi connectivity index (χ4n) is 6.97. The monoisotopic (exact) mass is 552 g/mol. The number of aromatic nitrogens is 4. The molecule has 8 heterocycles. The summed E-state index contributed by atoms with van der Waals surface area (Å²) in [4.78, 5) is 18.1. The first kappa shape index (κ1) is 24.8. The third kappa shape index (κ3) is 3.75. The molecule has 2 aromatic heterocycles. The van der Waals surface area contributed by atoms with Crippen molar-refractivity contribution in [1.82, 2.24) is 19.9 Å². The molecule has 7 aliphatic rings. The summed E-state index contributed by atoms with van der Waals surface area (Å²) in [6.45, 7) is 1.33.